The van der Waals surface area contributed by atoms with Gasteiger partial charge in [-0.15, -0.1) is 0 Å². The Morgan fingerprint density at radius 3 is 2.56 bits per heavy atom. The van der Waals surface area contributed by atoms with E-state index in [1.54, 1.807) is 31.7 Å². The second-order valence-electron chi connectivity index (χ2n) is 11.3. The number of nitrogens with one attached hydrogen (secondary N) is 1. The summed E-state index contributed by atoms with van der Waals surface area (Å²) in [7, 11) is 0. The molecular weight excluding hydrogens is 500 g/mol. The molecule has 2 heterocycles. The summed E-state index contributed by atoms with van der Waals surface area (Å²) in [5, 5.41) is 24.3. The summed E-state index contributed by atoms with van der Waals surface area (Å²) in [5.41, 5.74) is 1.01. The number of fused-ring (bicyclic) bond motifs is 1. The standard InChI is InChI=1S/C30H38N2O7/c1-30(2,3)39-29(37)32-14-9-13-24(32)26(33)23(16-19-10-5-4-6-11-19)31-27(34)20-17-22(28(35)36)21-12-7-8-15-38-25(21)18-20/h4-6,10-11,17-18,23-24,26,33H,7-9,12-16H2,1-3H3,(H,31,34)(H,35,36)/t23-,24+,26-/m0/s1. The normalized spacial score (nSPS) is 18.8. The van der Waals surface area contributed by atoms with Crippen molar-refractivity contribution in [3.63, 3.8) is 0 Å². The largest absolute Gasteiger partial charge is 0.493 e. The monoisotopic (exact) mass is 538 g/mol. The average Bonchev–Trinajstić information content (AvgIpc) is 3.26. The molecule has 1 saturated heterocycles. The molecule has 9 nitrogen and oxygen atoms in total. The van der Waals surface area contributed by atoms with E-state index in [9.17, 15) is 24.6 Å². The summed E-state index contributed by atoms with van der Waals surface area (Å²) < 4.78 is 11.4. The first kappa shape index (κ1) is 28.4. The van der Waals surface area contributed by atoms with E-state index in [1.807, 2.05) is 30.3 Å². The van der Waals surface area contributed by atoms with Gasteiger partial charge in [-0.1, -0.05) is 30.3 Å². The van der Waals surface area contributed by atoms with Crippen LogP contribution in [0.15, 0.2) is 42.5 Å². The number of aliphatic hydroxyl groups excluding tert-OH is 1. The van der Waals surface area contributed by atoms with E-state index in [0.29, 0.717) is 50.1 Å². The predicted molar refractivity (Wildman–Crippen MR) is 145 cm³/mol. The minimum atomic E-state index is -1.12. The Bertz CT molecular complexity index is 1190. The Hall–Kier alpha value is -3.59. The number of carboxylic acids is 1. The van der Waals surface area contributed by atoms with Gasteiger partial charge in [0, 0.05) is 17.7 Å². The first-order valence-corrected chi connectivity index (χ1v) is 13.6. The Morgan fingerprint density at radius 2 is 1.87 bits per heavy atom. The van der Waals surface area contributed by atoms with Gasteiger partial charge in [-0.25, -0.2) is 9.59 Å². The van der Waals surface area contributed by atoms with Gasteiger partial charge < -0.3 is 29.9 Å². The highest BCUT2D eigenvalue weighted by atomic mass is 16.6. The topological polar surface area (TPSA) is 125 Å². The highest BCUT2D eigenvalue weighted by Gasteiger charge is 2.40. The third-order valence-electron chi connectivity index (χ3n) is 7.13. The van der Waals surface area contributed by atoms with Gasteiger partial charge in [0.2, 0.25) is 0 Å². The van der Waals surface area contributed by atoms with Crippen molar-refractivity contribution in [1.82, 2.24) is 10.2 Å². The van der Waals surface area contributed by atoms with Gasteiger partial charge in [-0.05, 0) is 77.0 Å². The van der Waals surface area contributed by atoms with Crippen LogP contribution >= 0.6 is 0 Å². The molecule has 3 atom stereocenters. The molecule has 0 spiro atoms. The third kappa shape index (κ3) is 7.09. The van der Waals surface area contributed by atoms with Crippen LogP contribution in [0.3, 0.4) is 0 Å². The number of amides is 2. The summed E-state index contributed by atoms with van der Waals surface area (Å²) in [5.74, 6) is -1.23. The smallest absolute Gasteiger partial charge is 0.410 e. The van der Waals surface area contributed by atoms with Crippen molar-refractivity contribution < 1.29 is 34.1 Å². The molecule has 0 unspecified atom stereocenters. The van der Waals surface area contributed by atoms with Gasteiger partial charge in [0.1, 0.15) is 11.4 Å². The van der Waals surface area contributed by atoms with Gasteiger partial charge in [-0.3, -0.25) is 4.79 Å². The highest BCUT2D eigenvalue weighted by molar-refractivity contribution is 5.99. The van der Waals surface area contributed by atoms with E-state index in [0.717, 1.165) is 18.4 Å². The Balaban J connectivity index is 1.61. The summed E-state index contributed by atoms with van der Waals surface area (Å²) in [6.07, 6.45) is 2.18. The van der Waals surface area contributed by atoms with Crippen LogP contribution in [-0.4, -0.2) is 70.0 Å². The number of aliphatic hydroxyl groups is 1. The maximum absolute atomic E-state index is 13.5. The zero-order valence-electron chi connectivity index (χ0n) is 22.8. The van der Waals surface area contributed by atoms with E-state index in [4.69, 9.17) is 9.47 Å². The van der Waals surface area contributed by atoms with Crippen LogP contribution < -0.4 is 10.1 Å². The van der Waals surface area contributed by atoms with Crippen molar-refractivity contribution in [2.24, 2.45) is 0 Å². The molecule has 2 aliphatic rings. The van der Waals surface area contributed by atoms with Crippen LogP contribution in [0.5, 0.6) is 5.75 Å². The SMILES string of the molecule is CC(C)(C)OC(=O)N1CCC[C@@H]1[C@@H](O)[C@H](Cc1ccccc1)NC(=O)c1cc2c(c(C(=O)O)c1)CCCCO2. The van der Waals surface area contributed by atoms with Crippen LogP contribution in [0.25, 0.3) is 0 Å². The van der Waals surface area contributed by atoms with Crippen LogP contribution in [0.2, 0.25) is 0 Å². The van der Waals surface area contributed by atoms with E-state index < -0.39 is 41.8 Å². The number of ether oxygens (including phenoxy) is 2. The Morgan fingerprint density at radius 1 is 1.13 bits per heavy atom. The van der Waals surface area contributed by atoms with E-state index in [2.05, 4.69) is 5.32 Å². The molecular formula is C30H38N2O7. The van der Waals surface area contributed by atoms with Crippen molar-refractivity contribution in [2.75, 3.05) is 13.2 Å². The molecule has 2 aromatic rings. The fourth-order valence-electron chi connectivity index (χ4n) is 5.28. The number of nitrogens with zero attached hydrogens (tertiary/aromatic N) is 1. The fourth-order valence-corrected chi connectivity index (χ4v) is 5.28. The molecule has 0 bridgehead atoms. The lowest BCUT2D eigenvalue weighted by atomic mass is 9.94. The zero-order chi connectivity index (χ0) is 28.2. The quantitative estimate of drug-likeness (QED) is 0.482. The Labute approximate surface area is 229 Å². The van der Waals surface area contributed by atoms with Crippen molar-refractivity contribution >= 4 is 18.0 Å². The lowest BCUT2D eigenvalue weighted by Crippen LogP contribution is -2.54. The highest BCUT2D eigenvalue weighted by Crippen LogP contribution is 2.30. The average molecular weight is 539 g/mol. The molecule has 0 saturated carbocycles. The number of hydrogen-bond donors (Lipinski definition) is 3. The molecule has 39 heavy (non-hydrogen) atoms. The van der Waals surface area contributed by atoms with E-state index in [1.165, 1.54) is 6.07 Å². The number of carboxylic acid groups (broad SMARTS) is 1. The number of carbonyl (C=O) groups is 3. The molecule has 9 heteroatoms. The van der Waals surface area contributed by atoms with Crippen molar-refractivity contribution in [3.05, 3.63) is 64.7 Å². The Kier molecular flexibility index (Phi) is 8.80. The molecule has 210 valence electrons. The molecule has 0 radical (unpaired) electrons. The number of likely N-dealkylation sites (tertiary alicyclic amines) is 1. The van der Waals surface area contributed by atoms with Crippen molar-refractivity contribution in [1.29, 1.82) is 0 Å². The van der Waals surface area contributed by atoms with E-state index >= 15 is 0 Å². The van der Waals surface area contributed by atoms with Gasteiger partial charge in [0.25, 0.3) is 5.91 Å². The second-order valence-corrected chi connectivity index (χ2v) is 11.3. The summed E-state index contributed by atoms with van der Waals surface area (Å²) in [6.45, 7) is 6.28. The van der Waals surface area contributed by atoms with Crippen molar-refractivity contribution in [2.45, 2.75) is 83.1 Å². The molecule has 4 rings (SSSR count). The van der Waals surface area contributed by atoms with Crippen LogP contribution in [0.4, 0.5) is 4.79 Å². The molecule has 2 aromatic carbocycles. The van der Waals surface area contributed by atoms with E-state index in [-0.39, 0.29) is 11.1 Å². The van der Waals surface area contributed by atoms with Gasteiger partial charge in [-0.2, -0.15) is 0 Å². The molecule has 2 amide bonds. The van der Waals surface area contributed by atoms with Crippen LogP contribution in [-0.2, 0) is 17.6 Å². The van der Waals surface area contributed by atoms with Crippen LogP contribution in [0, 0.1) is 0 Å². The number of carbonyl (C=O) groups excluding carboxylic acids is 2. The lowest BCUT2D eigenvalue weighted by Gasteiger charge is -2.35. The van der Waals surface area contributed by atoms with Gasteiger partial charge in [0.05, 0.1) is 30.4 Å². The number of aromatic carboxylic acids is 1. The lowest BCUT2D eigenvalue weighted by molar-refractivity contribution is -0.00161. The minimum Gasteiger partial charge on any atom is -0.493 e. The van der Waals surface area contributed by atoms with Gasteiger partial charge >= 0.3 is 12.1 Å². The first-order chi connectivity index (χ1) is 18.5. The van der Waals surface area contributed by atoms with Crippen molar-refractivity contribution in [3.8, 4) is 5.75 Å². The maximum Gasteiger partial charge on any atom is 0.410 e. The minimum absolute atomic E-state index is 0.0478. The molecule has 0 aliphatic carbocycles. The maximum atomic E-state index is 13.5. The molecule has 2 aliphatic heterocycles. The number of rotatable bonds is 7. The molecule has 1 fully saturated rings. The predicted octanol–water partition coefficient (Wildman–Crippen LogP) is 4.20. The van der Waals surface area contributed by atoms with Crippen LogP contribution in [0.1, 0.15) is 78.3 Å². The summed E-state index contributed by atoms with van der Waals surface area (Å²) in [4.78, 5) is 40.0. The second kappa shape index (κ2) is 12.1. The zero-order valence-corrected chi connectivity index (χ0v) is 22.8. The summed E-state index contributed by atoms with van der Waals surface area (Å²) in [6, 6.07) is 11.1. The van der Waals surface area contributed by atoms with Gasteiger partial charge in [0.15, 0.2) is 0 Å². The summed E-state index contributed by atoms with van der Waals surface area (Å²) >= 11 is 0. The number of benzene rings is 2. The molecule has 0 aromatic heterocycles. The number of hydrogen-bond acceptors (Lipinski definition) is 6. The fraction of sp³-hybridized carbons (Fsp3) is 0.500. The first-order valence-electron chi connectivity index (χ1n) is 13.6. The molecule has 3 N–H and O–H groups in total. The third-order valence-corrected chi connectivity index (χ3v) is 7.13.